The van der Waals surface area contributed by atoms with Gasteiger partial charge < -0.3 is 15.0 Å². The third-order valence-electron chi connectivity index (χ3n) is 4.45. The molecule has 1 aliphatic rings. The number of aromatic nitrogens is 2. The van der Waals surface area contributed by atoms with Crippen molar-refractivity contribution < 1.29 is 13.9 Å². The Bertz CT molecular complexity index is 1000. The Hall–Kier alpha value is -2.90. The standard InChI is InChI=1S/C20H18ClFN4O2/c21-14-2-1-3-16(12-14)26-7-6-18(24-26)20(27)23-15-4-5-19(17(22)13-15)25-8-10-28-11-9-25/h1-7,12-13H,8-11H2,(H,23,27). The molecule has 0 radical (unpaired) electrons. The van der Waals surface area contributed by atoms with Crippen LogP contribution in [0.1, 0.15) is 10.5 Å². The van der Waals surface area contributed by atoms with E-state index in [9.17, 15) is 9.18 Å². The Morgan fingerprint density at radius 3 is 2.71 bits per heavy atom. The van der Waals surface area contributed by atoms with E-state index in [1.54, 1.807) is 47.3 Å². The number of nitrogens with zero attached hydrogens (tertiary/aromatic N) is 3. The minimum Gasteiger partial charge on any atom is -0.378 e. The molecule has 28 heavy (non-hydrogen) atoms. The molecule has 8 heteroatoms. The fraction of sp³-hybridized carbons (Fsp3) is 0.200. The summed E-state index contributed by atoms with van der Waals surface area (Å²) < 4.78 is 21.3. The van der Waals surface area contributed by atoms with Crippen LogP contribution >= 0.6 is 11.6 Å². The maximum Gasteiger partial charge on any atom is 0.276 e. The third-order valence-corrected chi connectivity index (χ3v) is 4.69. The first-order valence-corrected chi connectivity index (χ1v) is 9.23. The van der Waals surface area contributed by atoms with E-state index < -0.39 is 5.91 Å². The van der Waals surface area contributed by atoms with Crippen LogP contribution in [-0.4, -0.2) is 42.0 Å². The number of morpholine rings is 1. The Labute approximate surface area is 166 Å². The van der Waals surface area contributed by atoms with Gasteiger partial charge in [0.2, 0.25) is 0 Å². The van der Waals surface area contributed by atoms with E-state index in [-0.39, 0.29) is 11.5 Å². The van der Waals surface area contributed by atoms with Gasteiger partial charge in [0.25, 0.3) is 5.91 Å². The topological polar surface area (TPSA) is 59.4 Å². The van der Waals surface area contributed by atoms with Gasteiger partial charge in [-0.15, -0.1) is 0 Å². The molecule has 0 bridgehead atoms. The van der Waals surface area contributed by atoms with Crippen molar-refractivity contribution in [2.75, 3.05) is 36.5 Å². The number of carbonyl (C=O) groups is 1. The number of amides is 1. The number of benzene rings is 2. The van der Waals surface area contributed by atoms with Crippen LogP contribution in [0.3, 0.4) is 0 Å². The highest BCUT2D eigenvalue weighted by atomic mass is 35.5. The van der Waals surface area contributed by atoms with Crippen LogP contribution in [0.15, 0.2) is 54.7 Å². The average Bonchev–Trinajstić information content (AvgIpc) is 3.19. The zero-order chi connectivity index (χ0) is 19.5. The van der Waals surface area contributed by atoms with Crippen molar-refractivity contribution in [2.24, 2.45) is 0 Å². The molecular weight excluding hydrogens is 383 g/mol. The van der Waals surface area contributed by atoms with Crippen molar-refractivity contribution in [3.63, 3.8) is 0 Å². The molecule has 0 saturated carbocycles. The van der Waals surface area contributed by atoms with Crippen molar-refractivity contribution in [1.82, 2.24) is 9.78 Å². The van der Waals surface area contributed by atoms with Crippen LogP contribution in [0.4, 0.5) is 15.8 Å². The first kappa shape index (κ1) is 18.5. The zero-order valence-corrected chi connectivity index (χ0v) is 15.7. The second-order valence-corrected chi connectivity index (χ2v) is 6.78. The maximum atomic E-state index is 14.5. The van der Waals surface area contributed by atoms with Crippen molar-refractivity contribution in [3.8, 4) is 5.69 Å². The zero-order valence-electron chi connectivity index (χ0n) is 14.9. The van der Waals surface area contributed by atoms with Gasteiger partial charge in [-0.1, -0.05) is 17.7 Å². The molecule has 3 aromatic rings. The van der Waals surface area contributed by atoms with E-state index in [0.29, 0.717) is 42.7 Å². The number of ether oxygens (including phenoxy) is 1. The van der Waals surface area contributed by atoms with Crippen LogP contribution < -0.4 is 10.2 Å². The Morgan fingerprint density at radius 2 is 1.96 bits per heavy atom. The van der Waals surface area contributed by atoms with Gasteiger partial charge in [0, 0.05) is 30.0 Å². The monoisotopic (exact) mass is 400 g/mol. The predicted octanol–water partition coefficient (Wildman–Crippen LogP) is 3.75. The lowest BCUT2D eigenvalue weighted by Crippen LogP contribution is -2.36. The normalized spacial score (nSPS) is 14.1. The van der Waals surface area contributed by atoms with Crippen LogP contribution in [0.25, 0.3) is 5.69 Å². The number of anilines is 2. The average molecular weight is 401 g/mol. The van der Waals surface area contributed by atoms with Crippen LogP contribution in [0, 0.1) is 5.82 Å². The first-order chi connectivity index (χ1) is 13.6. The molecule has 0 unspecified atom stereocenters. The SMILES string of the molecule is O=C(Nc1ccc(N2CCOCC2)c(F)c1)c1ccn(-c2cccc(Cl)c2)n1. The summed E-state index contributed by atoms with van der Waals surface area (Å²) in [5, 5.41) is 7.52. The Kier molecular flexibility index (Phi) is 5.27. The lowest BCUT2D eigenvalue weighted by atomic mass is 10.2. The molecule has 2 heterocycles. The molecule has 4 rings (SSSR count). The van der Waals surface area contributed by atoms with Crippen LogP contribution in [0.2, 0.25) is 5.02 Å². The highest BCUT2D eigenvalue weighted by molar-refractivity contribution is 6.30. The van der Waals surface area contributed by atoms with E-state index in [2.05, 4.69) is 10.4 Å². The number of hydrogen-bond acceptors (Lipinski definition) is 4. The van der Waals surface area contributed by atoms with E-state index in [0.717, 1.165) is 5.69 Å². The van der Waals surface area contributed by atoms with Gasteiger partial charge in [0.05, 0.1) is 24.6 Å². The van der Waals surface area contributed by atoms with Gasteiger partial charge in [-0.05, 0) is 42.5 Å². The van der Waals surface area contributed by atoms with Gasteiger partial charge in [-0.2, -0.15) is 5.10 Å². The molecule has 1 fully saturated rings. The molecule has 1 amide bonds. The lowest BCUT2D eigenvalue weighted by Gasteiger charge is -2.29. The highest BCUT2D eigenvalue weighted by Crippen LogP contribution is 2.24. The molecule has 0 atom stereocenters. The third kappa shape index (κ3) is 4.00. The summed E-state index contributed by atoms with van der Waals surface area (Å²) in [6, 6.07) is 13.4. The Balaban J connectivity index is 1.47. The molecule has 6 nitrogen and oxygen atoms in total. The molecule has 2 aromatic carbocycles. The summed E-state index contributed by atoms with van der Waals surface area (Å²) in [5.41, 5.74) is 1.84. The van der Waals surface area contributed by atoms with Crippen LogP contribution in [0.5, 0.6) is 0 Å². The van der Waals surface area contributed by atoms with E-state index in [1.807, 2.05) is 11.0 Å². The van der Waals surface area contributed by atoms with Crippen molar-refractivity contribution in [2.45, 2.75) is 0 Å². The second kappa shape index (κ2) is 8.00. The number of nitrogens with one attached hydrogen (secondary N) is 1. The predicted molar refractivity (Wildman–Crippen MR) is 106 cm³/mol. The number of carbonyl (C=O) groups excluding carboxylic acids is 1. The summed E-state index contributed by atoms with van der Waals surface area (Å²) in [6.45, 7) is 2.44. The molecule has 1 aromatic heterocycles. The maximum absolute atomic E-state index is 14.5. The summed E-state index contributed by atoms with van der Waals surface area (Å²) in [6.07, 6.45) is 1.67. The fourth-order valence-electron chi connectivity index (χ4n) is 3.05. The molecule has 0 spiro atoms. The van der Waals surface area contributed by atoms with Gasteiger partial charge in [0.15, 0.2) is 5.69 Å². The largest absolute Gasteiger partial charge is 0.378 e. The van der Waals surface area contributed by atoms with Gasteiger partial charge in [-0.3, -0.25) is 4.79 Å². The smallest absolute Gasteiger partial charge is 0.276 e. The summed E-state index contributed by atoms with van der Waals surface area (Å²) in [7, 11) is 0. The number of rotatable bonds is 4. The first-order valence-electron chi connectivity index (χ1n) is 8.85. The van der Waals surface area contributed by atoms with Gasteiger partial charge in [-0.25, -0.2) is 9.07 Å². The van der Waals surface area contributed by atoms with Crippen molar-refractivity contribution >= 4 is 28.9 Å². The highest BCUT2D eigenvalue weighted by Gasteiger charge is 2.17. The number of halogens is 2. The molecule has 1 saturated heterocycles. The summed E-state index contributed by atoms with van der Waals surface area (Å²) in [4.78, 5) is 14.4. The van der Waals surface area contributed by atoms with E-state index in [4.69, 9.17) is 16.3 Å². The second-order valence-electron chi connectivity index (χ2n) is 6.35. The van der Waals surface area contributed by atoms with Crippen molar-refractivity contribution in [1.29, 1.82) is 0 Å². The summed E-state index contributed by atoms with van der Waals surface area (Å²) >= 11 is 5.99. The quantitative estimate of drug-likeness (QED) is 0.724. The van der Waals surface area contributed by atoms with E-state index >= 15 is 0 Å². The van der Waals surface area contributed by atoms with Crippen LogP contribution in [-0.2, 0) is 4.74 Å². The minimum atomic E-state index is -0.417. The summed E-state index contributed by atoms with van der Waals surface area (Å²) in [5.74, 6) is -0.802. The lowest BCUT2D eigenvalue weighted by molar-refractivity contribution is 0.102. The van der Waals surface area contributed by atoms with Crippen molar-refractivity contribution in [3.05, 3.63) is 71.3 Å². The van der Waals surface area contributed by atoms with E-state index in [1.165, 1.54) is 6.07 Å². The fourth-order valence-corrected chi connectivity index (χ4v) is 3.23. The number of hydrogen-bond donors (Lipinski definition) is 1. The van der Waals surface area contributed by atoms with Gasteiger partial charge in [0.1, 0.15) is 5.82 Å². The Morgan fingerprint density at radius 1 is 1.14 bits per heavy atom. The molecule has 1 N–H and O–H groups in total. The van der Waals surface area contributed by atoms with Gasteiger partial charge >= 0.3 is 0 Å². The molecule has 1 aliphatic heterocycles. The molecule has 144 valence electrons. The minimum absolute atomic E-state index is 0.220. The molecule has 0 aliphatic carbocycles. The molecular formula is C20H18ClFN4O2.